The van der Waals surface area contributed by atoms with Crippen LogP contribution in [0.15, 0.2) is 24.3 Å². The molecule has 0 fully saturated rings. The van der Waals surface area contributed by atoms with Gasteiger partial charge in [-0.2, -0.15) is 0 Å². The van der Waals surface area contributed by atoms with E-state index in [4.69, 9.17) is 0 Å². The number of aromatic hydroxyl groups is 5. The molecule has 0 aromatic heterocycles. The highest BCUT2D eigenvalue weighted by atomic mass is 16.4. The lowest BCUT2D eigenvalue weighted by atomic mass is 10.0. The van der Waals surface area contributed by atoms with Crippen LogP contribution in [0.1, 0.15) is 5.56 Å². The average Bonchev–Trinajstić information content (AvgIpc) is 2.36. The second-order valence-electron chi connectivity index (χ2n) is 3.98. The van der Waals surface area contributed by atoms with Gasteiger partial charge in [-0.1, -0.05) is 29.8 Å². The highest BCUT2D eigenvalue weighted by Gasteiger charge is 2.23. The van der Waals surface area contributed by atoms with Gasteiger partial charge < -0.3 is 25.5 Å². The van der Waals surface area contributed by atoms with Crippen LogP contribution in [-0.4, -0.2) is 25.5 Å². The summed E-state index contributed by atoms with van der Waals surface area (Å²) >= 11 is 0. The first-order chi connectivity index (χ1) is 8.43. The predicted octanol–water partition coefficient (Wildman–Crippen LogP) is 2.19. The molecule has 0 saturated carbocycles. The third kappa shape index (κ3) is 1.66. The molecule has 0 saturated heterocycles. The third-order valence-electron chi connectivity index (χ3n) is 2.71. The van der Waals surface area contributed by atoms with E-state index in [1.807, 2.05) is 6.92 Å². The lowest BCUT2D eigenvalue weighted by Crippen LogP contribution is -1.84. The summed E-state index contributed by atoms with van der Waals surface area (Å²) < 4.78 is 0. The van der Waals surface area contributed by atoms with Gasteiger partial charge in [0, 0.05) is 0 Å². The van der Waals surface area contributed by atoms with E-state index >= 15 is 0 Å². The van der Waals surface area contributed by atoms with Crippen molar-refractivity contribution >= 4 is 0 Å². The summed E-state index contributed by atoms with van der Waals surface area (Å²) in [4.78, 5) is 0. The van der Waals surface area contributed by atoms with Crippen LogP contribution in [0, 0.1) is 6.92 Å². The summed E-state index contributed by atoms with van der Waals surface area (Å²) in [6.07, 6.45) is 0. The van der Waals surface area contributed by atoms with Gasteiger partial charge in [-0.25, -0.2) is 0 Å². The molecule has 0 spiro atoms. The Hall–Kier alpha value is -2.56. The largest absolute Gasteiger partial charge is 0.504 e. The van der Waals surface area contributed by atoms with Gasteiger partial charge in [0.05, 0.1) is 5.56 Å². The van der Waals surface area contributed by atoms with E-state index in [1.54, 1.807) is 24.3 Å². The molecule has 2 aromatic rings. The minimum Gasteiger partial charge on any atom is -0.504 e. The lowest BCUT2D eigenvalue weighted by Gasteiger charge is -2.12. The van der Waals surface area contributed by atoms with Gasteiger partial charge in [0.2, 0.25) is 17.2 Å². The first kappa shape index (κ1) is 11.9. The van der Waals surface area contributed by atoms with Crippen LogP contribution < -0.4 is 0 Å². The van der Waals surface area contributed by atoms with E-state index in [-0.39, 0.29) is 5.56 Å². The van der Waals surface area contributed by atoms with Gasteiger partial charge in [0.25, 0.3) is 0 Å². The molecule has 5 nitrogen and oxygen atoms in total. The molecule has 0 aliphatic heterocycles. The fourth-order valence-electron chi connectivity index (χ4n) is 1.68. The van der Waals surface area contributed by atoms with Crippen molar-refractivity contribution in [1.29, 1.82) is 0 Å². The van der Waals surface area contributed by atoms with Gasteiger partial charge >= 0.3 is 0 Å². The van der Waals surface area contributed by atoms with Gasteiger partial charge in [-0.05, 0) is 12.5 Å². The zero-order chi connectivity index (χ0) is 13.4. The zero-order valence-electron chi connectivity index (χ0n) is 9.55. The number of rotatable bonds is 1. The summed E-state index contributed by atoms with van der Waals surface area (Å²) in [5.41, 5.74) is 1.24. The first-order valence-electron chi connectivity index (χ1n) is 5.19. The third-order valence-corrected chi connectivity index (χ3v) is 2.71. The van der Waals surface area contributed by atoms with Crippen LogP contribution in [0.2, 0.25) is 0 Å². The lowest BCUT2D eigenvalue weighted by molar-refractivity contribution is 0.330. The average molecular weight is 248 g/mol. The first-order valence-corrected chi connectivity index (χ1v) is 5.19. The Morgan fingerprint density at radius 3 is 1.44 bits per heavy atom. The summed E-state index contributed by atoms with van der Waals surface area (Å²) in [6.45, 7) is 1.87. The maximum Gasteiger partial charge on any atom is 0.208 e. The molecule has 0 amide bonds. The van der Waals surface area contributed by atoms with E-state index in [0.717, 1.165) is 5.56 Å². The van der Waals surface area contributed by atoms with E-state index in [1.165, 1.54) is 0 Å². The summed E-state index contributed by atoms with van der Waals surface area (Å²) in [6, 6.07) is 6.71. The second-order valence-corrected chi connectivity index (χ2v) is 3.98. The molecule has 0 unspecified atom stereocenters. The molecule has 2 rings (SSSR count). The normalized spacial score (nSPS) is 10.5. The standard InChI is InChI=1S/C13H12O5/c1-6-2-4-7(5-3-6)8-9(14)11(16)13(18)12(17)10(8)15/h2-5,14-18H,1H3. The monoisotopic (exact) mass is 248 g/mol. The number of phenolic OH excluding ortho intramolecular Hbond substituents is 5. The highest BCUT2D eigenvalue weighted by molar-refractivity contribution is 5.84. The van der Waals surface area contributed by atoms with E-state index in [9.17, 15) is 25.5 Å². The number of hydrogen-bond acceptors (Lipinski definition) is 5. The number of aryl methyl sites for hydroxylation is 1. The molecule has 0 bridgehead atoms. The van der Waals surface area contributed by atoms with E-state index < -0.39 is 28.7 Å². The Balaban J connectivity index is 2.75. The fraction of sp³-hybridized carbons (Fsp3) is 0.0769. The van der Waals surface area contributed by atoms with Crippen LogP contribution in [-0.2, 0) is 0 Å². The molecule has 5 heteroatoms. The Kier molecular flexibility index (Phi) is 2.67. The number of hydrogen-bond donors (Lipinski definition) is 5. The quantitative estimate of drug-likeness (QED) is 0.393. The molecule has 18 heavy (non-hydrogen) atoms. The van der Waals surface area contributed by atoms with Crippen molar-refractivity contribution in [3.8, 4) is 39.9 Å². The maximum absolute atomic E-state index is 9.73. The van der Waals surface area contributed by atoms with E-state index in [0.29, 0.717) is 5.56 Å². The highest BCUT2D eigenvalue weighted by Crippen LogP contribution is 2.54. The Bertz CT molecular complexity index is 573. The predicted molar refractivity (Wildman–Crippen MR) is 64.9 cm³/mol. The van der Waals surface area contributed by atoms with Crippen LogP contribution in [0.5, 0.6) is 28.7 Å². The Labute approximate surface area is 103 Å². The number of phenols is 5. The summed E-state index contributed by atoms with van der Waals surface area (Å²) in [5.74, 6) is -4.08. The Morgan fingerprint density at radius 2 is 1.00 bits per heavy atom. The molecule has 2 aromatic carbocycles. The molecule has 0 heterocycles. The van der Waals surface area contributed by atoms with Crippen molar-refractivity contribution in [2.24, 2.45) is 0 Å². The van der Waals surface area contributed by atoms with Crippen LogP contribution in [0.4, 0.5) is 0 Å². The van der Waals surface area contributed by atoms with Crippen LogP contribution in [0.3, 0.4) is 0 Å². The molecule has 0 radical (unpaired) electrons. The van der Waals surface area contributed by atoms with Crippen LogP contribution >= 0.6 is 0 Å². The molecular weight excluding hydrogens is 236 g/mol. The van der Waals surface area contributed by atoms with Crippen molar-refractivity contribution in [3.63, 3.8) is 0 Å². The molecule has 0 aliphatic rings. The molecule has 0 aliphatic carbocycles. The topological polar surface area (TPSA) is 101 Å². The summed E-state index contributed by atoms with van der Waals surface area (Å²) in [5, 5.41) is 47.6. The minimum absolute atomic E-state index is 0.136. The van der Waals surface area contributed by atoms with Crippen LogP contribution in [0.25, 0.3) is 11.1 Å². The zero-order valence-corrected chi connectivity index (χ0v) is 9.55. The van der Waals surface area contributed by atoms with E-state index in [2.05, 4.69) is 0 Å². The van der Waals surface area contributed by atoms with Gasteiger partial charge in [0.1, 0.15) is 0 Å². The SMILES string of the molecule is Cc1ccc(-c2c(O)c(O)c(O)c(O)c2O)cc1. The van der Waals surface area contributed by atoms with Crippen molar-refractivity contribution in [3.05, 3.63) is 29.8 Å². The maximum atomic E-state index is 9.73. The van der Waals surface area contributed by atoms with Crippen molar-refractivity contribution < 1.29 is 25.5 Å². The summed E-state index contributed by atoms with van der Waals surface area (Å²) in [7, 11) is 0. The Morgan fingerprint density at radius 1 is 0.611 bits per heavy atom. The molecule has 0 atom stereocenters. The van der Waals surface area contributed by atoms with Crippen molar-refractivity contribution in [2.45, 2.75) is 6.92 Å². The molecule has 5 N–H and O–H groups in total. The minimum atomic E-state index is -0.958. The van der Waals surface area contributed by atoms with Gasteiger partial charge in [0.15, 0.2) is 11.5 Å². The van der Waals surface area contributed by atoms with Crippen molar-refractivity contribution in [1.82, 2.24) is 0 Å². The van der Waals surface area contributed by atoms with Crippen molar-refractivity contribution in [2.75, 3.05) is 0 Å². The second kappa shape index (κ2) is 4.03. The van der Waals surface area contributed by atoms with Gasteiger partial charge in [-0.15, -0.1) is 0 Å². The molecular formula is C13H12O5. The smallest absolute Gasteiger partial charge is 0.208 e. The fourth-order valence-corrected chi connectivity index (χ4v) is 1.68. The molecule has 94 valence electrons. The number of benzene rings is 2. The van der Waals surface area contributed by atoms with Gasteiger partial charge in [-0.3, -0.25) is 0 Å².